The van der Waals surface area contributed by atoms with E-state index in [-0.39, 0.29) is 13.2 Å². The van der Waals surface area contributed by atoms with Gasteiger partial charge in [-0.05, 0) is 42.5 Å². The van der Waals surface area contributed by atoms with Gasteiger partial charge in [0.15, 0.2) is 12.4 Å². The van der Waals surface area contributed by atoms with Crippen LogP contribution in [0.3, 0.4) is 0 Å². The van der Waals surface area contributed by atoms with Crippen LogP contribution in [0.5, 0.6) is 0 Å². The third kappa shape index (κ3) is 15.0. The Balaban J connectivity index is 1.88. The molecule has 2 aromatic rings. The first kappa shape index (κ1) is 33.5. The number of pyridine rings is 1. The van der Waals surface area contributed by atoms with E-state index in [2.05, 4.69) is 64.2 Å². The lowest BCUT2D eigenvalue weighted by Crippen LogP contribution is -2.33. The maximum atomic E-state index is 11.0. The topological polar surface area (TPSA) is 147 Å². The van der Waals surface area contributed by atoms with Crippen LogP contribution in [0.15, 0.2) is 48.8 Å². The van der Waals surface area contributed by atoms with Crippen LogP contribution in [0.1, 0.15) is 63.5 Å². The Labute approximate surface area is 232 Å². The van der Waals surface area contributed by atoms with Crippen LogP contribution in [-0.4, -0.2) is 45.9 Å². The van der Waals surface area contributed by atoms with Crippen molar-refractivity contribution in [2.45, 2.75) is 58.9 Å². The number of rotatable bonds is 19. The molecule has 0 saturated carbocycles. The van der Waals surface area contributed by atoms with Crippen LogP contribution in [0.2, 0.25) is 0 Å². The molecule has 0 aliphatic rings. The molecule has 0 spiro atoms. The van der Waals surface area contributed by atoms with Gasteiger partial charge in [0.1, 0.15) is 13.2 Å². The summed E-state index contributed by atoms with van der Waals surface area (Å²) in [6.07, 6.45) is 13.8. The number of hydrogen-bond donors (Lipinski definition) is 4. The van der Waals surface area contributed by atoms with Gasteiger partial charge in [0.2, 0.25) is 0 Å². The van der Waals surface area contributed by atoms with Crippen molar-refractivity contribution in [1.29, 1.82) is 0 Å². The molecule has 10 nitrogen and oxygen atoms in total. The monoisotopic (exact) mass is 585 g/mol. The van der Waals surface area contributed by atoms with Crippen LogP contribution in [-0.2, 0) is 20.2 Å². The van der Waals surface area contributed by atoms with E-state index < -0.39 is 21.9 Å². The van der Waals surface area contributed by atoms with Gasteiger partial charge in [-0.25, -0.2) is 9.13 Å². The van der Waals surface area contributed by atoms with E-state index in [1.165, 1.54) is 31.4 Å². The molecular formula is C27H43N2O8P2+. The molecule has 218 valence electrons. The van der Waals surface area contributed by atoms with Crippen molar-refractivity contribution in [3.05, 3.63) is 59.9 Å². The zero-order chi connectivity index (χ0) is 28.7. The number of unbranched alkanes of at least 4 members (excludes halogenated alkanes) is 2. The predicted molar refractivity (Wildman–Crippen MR) is 152 cm³/mol. The molecule has 1 aromatic heterocycles. The molecule has 0 bridgehead atoms. The van der Waals surface area contributed by atoms with Crippen molar-refractivity contribution in [2.24, 2.45) is 5.92 Å². The Bertz CT molecular complexity index is 1020. The van der Waals surface area contributed by atoms with Gasteiger partial charge < -0.3 is 19.6 Å². The van der Waals surface area contributed by atoms with Crippen LogP contribution in [0, 0.1) is 5.92 Å². The summed E-state index contributed by atoms with van der Waals surface area (Å²) in [5.74, 6) is -0.579. The number of aromatic nitrogens is 1. The van der Waals surface area contributed by atoms with Crippen molar-refractivity contribution in [3.8, 4) is 0 Å². The Morgan fingerprint density at radius 3 is 2.03 bits per heavy atom. The largest absolute Gasteiger partial charge is 0.606 e. The fourth-order valence-corrected chi connectivity index (χ4v) is 4.78. The molecular weight excluding hydrogens is 542 g/mol. The van der Waals surface area contributed by atoms with Crippen molar-refractivity contribution in [1.82, 2.24) is 0 Å². The lowest BCUT2D eigenvalue weighted by molar-refractivity contribution is -0.697. The zero-order valence-corrected chi connectivity index (χ0v) is 24.6. The van der Waals surface area contributed by atoms with Crippen molar-refractivity contribution in [2.75, 3.05) is 31.2 Å². The summed E-state index contributed by atoms with van der Waals surface area (Å²) in [6.45, 7) is 6.48. The molecule has 12 heteroatoms. The second-order valence-corrected chi connectivity index (χ2v) is 12.0. The quantitative estimate of drug-likeness (QED) is 0.141. The van der Waals surface area contributed by atoms with E-state index in [4.69, 9.17) is 19.6 Å². The van der Waals surface area contributed by atoms with Crippen LogP contribution in [0.4, 0.5) is 5.69 Å². The first-order valence-electron chi connectivity index (χ1n) is 13.4. The molecule has 1 heterocycles. The standard InChI is InChI=1S/C27H42N2O8P2/c1-3-5-18-29(19-6-4-2)27-13-11-24(12-14-27)9-10-25-15-20-28(21-16-25)17-7-8-26(22-36-38(30,31)32)23-37-39(33,34)35/h9-16,20-21,26H,3-8,17-19,22-23H2,1-2H3,(H3-,30,31,32,33,34,35)/p+1. The van der Waals surface area contributed by atoms with Gasteiger partial charge >= 0.3 is 16.0 Å². The number of nitrogens with zero attached hydrogens (tertiary/aromatic N) is 2. The highest BCUT2D eigenvalue weighted by molar-refractivity contribution is 7.51. The van der Waals surface area contributed by atoms with E-state index in [0.717, 1.165) is 24.2 Å². The summed E-state index contributed by atoms with van der Waals surface area (Å²) in [5.41, 5.74) is 3.44. The third-order valence-corrected chi connectivity index (χ3v) is 7.16. The second-order valence-electron chi connectivity index (χ2n) is 9.57. The number of aryl methyl sites for hydroxylation is 1. The molecule has 2 rings (SSSR count). The SMILES string of the molecule is CCCCN(CCCC)c1ccc(C=Cc2cc[n+](CCCC(COP(=O)(O)O)CO[P+]([O-])(O)O)cc2)cc1. The minimum Gasteiger partial charge on any atom is -0.606 e. The van der Waals surface area contributed by atoms with E-state index in [1.54, 1.807) is 0 Å². The maximum absolute atomic E-state index is 11.0. The summed E-state index contributed by atoms with van der Waals surface area (Å²) < 4.78 is 22.0. The molecule has 0 fully saturated rings. The number of anilines is 1. The molecule has 39 heavy (non-hydrogen) atoms. The normalized spacial score (nSPS) is 13.2. The van der Waals surface area contributed by atoms with Gasteiger partial charge in [0.05, 0.1) is 6.61 Å². The van der Waals surface area contributed by atoms with Crippen molar-refractivity contribution >= 4 is 33.8 Å². The van der Waals surface area contributed by atoms with Gasteiger partial charge in [0, 0.05) is 43.2 Å². The number of phosphoric acid groups is 2. The maximum Gasteiger partial charge on any atom is 0.469 e. The van der Waals surface area contributed by atoms with E-state index >= 15 is 0 Å². The highest BCUT2D eigenvalue weighted by Gasteiger charge is 2.25. The fraction of sp³-hybridized carbons (Fsp3) is 0.519. The molecule has 0 aliphatic carbocycles. The second kappa shape index (κ2) is 17.2. The first-order valence-corrected chi connectivity index (χ1v) is 16.5. The Morgan fingerprint density at radius 1 is 0.949 bits per heavy atom. The lowest BCUT2D eigenvalue weighted by Gasteiger charge is -2.24. The Kier molecular flexibility index (Phi) is 14.8. The smallest absolute Gasteiger partial charge is 0.469 e. The molecule has 1 unspecified atom stereocenters. The number of benzene rings is 1. The molecule has 0 saturated heterocycles. The molecule has 0 aliphatic heterocycles. The van der Waals surface area contributed by atoms with Gasteiger partial charge in [-0.15, -0.1) is 0 Å². The van der Waals surface area contributed by atoms with Crippen LogP contribution >= 0.6 is 16.0 Å². The van der Waals surface area contributed by atoms with Crippen LogP contribution < -0.4 is 14.4 Å². The highest BCUT2D eigenvalue weighted by atomic mass is 31.2. The lowest BCUT2D eigenvalue weighted by atomic mass is 10.1. The van der Waals surface area contributed by atoms with Crippen molar-refractivity contribution in [3.63, 3.8) is 0 Å². The average Bonchev–Trinajstić information content (AvgIpc) is 2.89. The number of phosphoric ester groups is 2. The van der Waals surface area contributed by atoms with Crippen LogP contribution in [0.25, 0.3) is 12.2 Å². The molecule has 0 amide bonds. The zero-order valence-electron chi connectivity index (χ0n) is 22.8. The summed E-state index contributed by atoms with van der Waals surface area (Å²) in [6, 6.07) is 12.6. The van der Waals surface area contributed by atoms with E-state index in [9.17, 15) is 9.46 Å². The predicted octanol–water partition coefficient (Wildman–Crippen LogP) is 4.10. The molecule has 1 atom stereocenters. The molecule has 0 radical (unpaired) electrons. The first-order chi connectivity index (χ1) is 18.5. The third-order valence-electron chi connectivity index (χ3n) is 6.19. The van der Waals surface area contributed by atoms with Gasteiger partial charge in [-0.3, -0.25) is 4.52 Å². The number of hydrogen-bond acceptors (Lipinski definition) is 7. The Hall–Kier alpha value is -1.71. The highest BCUT2D eigenvalue weighted by Crippen LogP contribution is 2.42. The Morgan fingerprint density at radius 2 is 1.51 bits per heavy atom. The molecule has 1 aromatic carbocycles. The van der Waals surface area contributed by atoms with Gasteiger partial charge in [0.25, 0.3) is 0 Å². The van der Waals surface area contributed by atoms with Gasteiger partial charge in [-0.2, -0.15) is 14.3 Å². The van der Waals surface area contributed by atoms with E-state index in [0.29, 0.717) is 19.4 Å². The summed E-state index contributed by atoms with van der Waals surface area (Å²) in [4.78, 5) is 49.1. The summed E-state index contributed by atoms with van der Waals surface area (Å²) in [7, 11) is -9.38. The fourth-order valence-electron chi connectivity index (χ4n) is 3.97. The average molecular weight is 586 g/mol. The minimum atomic E-state index is -4.69. The summed E-state index contributed by atoms with van der Waals surface area (Å²) in [5, 5.41) is 0. The van der Waals surface area contributed by atoms with Crippen molar-refractivity contribution < 1.29 is 42.6 Å². The summed E-state index contributed by atoms with van der Waals surface area (Å²) >= 11 is 0. The van der Waals surface area contributed by atoms with E-state index in [1.807, 2.05) is 29.1 Å². The molecule has 4 N–H and O–H groups in total. The van der Waals surface area contributed by atoms with Gasteiger partial charge in [-0.1, -0.05) is 51.0 Å². The minimum absolute atomic E-state index is 0.366.